The number of nitrogen functional groups attached to an aromatic ring is 1. The molecule has 0 aliphatic carbocycles. The van der Waals surface area contributed by atoms with Crippen molar-refractivity contribution in [2.75, 3.05) is 5.73 Å². The van der Waals surface area contributed by atoms with Crippen LogP contribution in [0.4, 0.5) is 10.8 Å². The molecule has 0 saturated carbocycles. The number of nitrogens with two attached hydrogens (primary N) is 1. The van der Waals surface area contributed by atoms with Crippen molar-refractivity contribution in [3.63, 3.8) is 0 Å². The zero-order valence-corrected chi connectivity index (χ0v) is 9.46. The van der Waals surface area contributed by atoms with Gasteiger partial charge >= 0.3 is 0 Å². The van der Waals surface area contributed by atoms with E-state index in [0.717, 1.165) is 0 Å². The molecule has 0 aliphatic heterocycles. The van der Waals surface area contributed by atoms with E-state index < -0.39 is 4.92 Å². The third kappa shape index (κ3) is 2.12. The SMILES string of the molecule is Nc1nc(-c2cc(Cl)cc([N+](=O)[O-])c2)cs1. The highest BCUT2D eigenvalue weighted by Gasteiger charge is 2.11. The smallest absolute Gasteiger partial charge is 0.271 e. The fraction of sp³-hybridized carbons (Fsp3) is 0. The van der Waals surface area contributed by atoms with Gasteiger partial charge in [-0.15, -0.1) is 11.3 Å². The van der Waals surface area contributed by atoms with E-state index in [2.05, 4.69) is 4.98 Å². The molecular formula is C9H6ClN3O2S. The van der Waals surface area contributed by atoms with Crippen LogP contribution in [0.25, 0.3) is 11.3 Å². The number of nitro benzene ring substituents is 1. The van der Waals surface area contributed by atoms with Crippen molar-refractivity contribution >= 4 is 33.8 Å². The first-order chi connectivity index (χ1) is 7.56. The summed E-state index contributed by atoms with van der Waals surface area (Å²) in [5.41, 5.74) is 6.61. The highest BCUT2D eigenvalue weighted by Crippen LogP contribution is 2.29. The van der Waals surface area contributed by atoms with Crippen molar-refractivity contribution in [3.05, 3.63) is 38.7 Å². The van der Waals surface area contributed by atoms with Crippen LogP contribution in [0.3, 0.4) is 0 Å². The fourth-order valence-electron chi connectivity index (χ4n) is 1.25. The number of anilines is 1. The van der Waals surface area contributed by atoms with E-state index in [9.17, 15) is 10.1 Å². The summed E-state index contributed by atoms with van der Waals surface area (Å²) in [5.74, 6) is 0. The van der Waals surface area contributed by atoms with Crippen LogP contribution in [0, 0.1) is 10.1 Å². The summed E-state index contributed by atoms with van der Waals surface area (Å²) in [4.78, 5) is 14.2. The van der Waals surface area contributed by atoms with Crippen LogP contribution in [0.1, 0.15) is 0 Å². The predicted octanol–water partition coefficient (Wildman–Crippen LogP) is 2.95. The summed E-state index contributed by atoms with van der Waals surface area (Å²) in [6, 6.07) is 4.32. The molecule has 1 aromatic heterocycles. The Morgan fingerprint density at radius 1 is 1.44 bits per heavy atom. The molecule has 16 heavy (non-hydrogen) atoms. The van der Waals surface area contributed by atoms with Gasteiger partial charge in [-0.1, -0.05) is 11.6 Å². The molecule has 0 saturated heterocycles. The van der Waals surface area contributed by atoms with Gasteiger partial charge in [0.05, 0.1) is 10.6 Å². The lowest BCUT2D eigenvalue weighted by atomic mass is 10.1. The molecule has 0 amide bonds. The molecule has 0 unspecified atom stereocenters. The Labute approximate surface area is 99.6 Å². The number of nitrogens with zero attached hydrogens (tertiary/aromatic N) is 2. The molecule has 1 aromatic carbocycles. The molecule has 1 heterocycles. The van der Waals surface area contributed by atoms with Crippen LogP contribution in [0.15, 0.2) is 23.6 Å². The van der Waals surface area contributed by atoms with Gasteiger partial charge in [0, 0.05) is 28.1 Å². The molecule has 0 radical (unpaired) electrons. The lowest BCUT2D eigenvalue weighted by Crippen LogP contribution is -1.89. The Hall–Kier alpha value is -1.66. The van der Waals surface area contributed by atoms with Gasteiger partial charge in [-0.25, -0.2) is 4.98 Å². The second-order valence-electron chi connectivity index (χ2n) is 3.03. The van der Waals surface area contributed by atoms with E-state index >= 15 is 0 Å². The summed E-state index contributed by atoms with van der Waals surface area (Å²) in [5, 5.41) is 13.1. The molecule has 0 aliphatic rings. The summed E-state index contributed by atoms with van der Waals surface area (Å²) in [7, 11) is 0. The van der Waals surface area contributed by atoms with Crippen LogP contribution in [-0.4, -0.2) is 9.91 Å². The van der Waals surface area contributed by atoms with Crippen LogP contribution < -0.4 is 5.73 Å². The maximum absolute atomic E-state index is 10.6. The Morgan fingerprint density at radius 3 is 2.75 bits per heavy atom. The zero-order valence-electron chi connectivity index (χ0n) is 7.88. The third-order valence-electron chi connectivity index (χ3n) is 1.91. The molecule has 0 spiro atoms. The molecule has 0 fully saturated rings. The summed E-state index contributed by atoms with van der Waals surface area (Å²) < 4.78 is 0. The van der Waals surface area contributed by atoms with E-state index in [1.165, 1.54) is 23.5 Å². The molecule has 2 aromatic rings. The predicted molar refractivity (Wildman–Crippen MR) is 63.6 cm³/mol. The highest BCUT2D eigenvalue weighted by molar-refractivity contribution is 7.13. The van der Waals surface area contributed by atoms with Gasteiger partial charge in [0.25, 0.3) is 5.69 Å². The van der Waals surface area contributed by atoms with E-state index in [0.29, 0.717) is 21.4 Å². The Bertz CT molecular complexity index is 555. The lowest BCUT2D eigenvalue weighted by molar-refractivity contribution is -0.384. The number of hydrogen-bond donors (Lipinski definition) is 1. The monoisotopic (exact) mass is 255 g/mol. The number of aromatic nitrogens is 1. The van der Waals surface area contributed by atoms with Crippen molar-refractivity contribution < 1.29 is 4.92 Å². The number of rotatable bonds is 2. The van der Waals surface area contributed by atoms with Gasteiger partial charge in [-0.3, -0.25) is 10.1 Å². The second-order valence-corrected chi connectivity index (χ2v) is 4.35. The Kier molecular flexibility index (Phi) is 2.76. The summed E-state index contributed by atoms with van der Waals surface area (Å²) in [6.07, 6.45) is 0. The highest BCUT2D eigenvalue weighted by atomic mass is 35.5. The van der Waals surface area contributed by atoms with Crippen LogP contribution in [0.2, 0.25) is 5.02 Å². The van der Waals surface area contributed by atoms with Gasteiger partial charge in [0.15, 0.2) is 5.13 Å². The number of benzene rings is 1. The van der Waals surface area contributed by atoms with Gasteiger partial charge in [-0.2, -0.15) is 0 Å². The quantitative estimate of drug-likeness (QED) is 0.661. The number of hydrogen-bond acceptors (Lipinski definition) is 5. The minimum Gasteiger partial charge on any atom is -0.375 e. The molecule has 0 atom stereocenters. The standard InChI is InChI=1S/C9H6ClN3O2S/c10-6-1-5(2-7(3-6)13(14)15)8-4-16-9(11)12-8/h1-4H,(H2,11,12). The molecule has 7 heteroatoms. The van der Waals surface area contributed by atoms with E-state index in [-0.39, 0.29) is 5.69 Å². The first kappa shape index (κ1) is 10.8. The largest absolute Gasteiger partial charge is 0.375 e. The first-order valence-electron chi connectivity index (χ1n) is 4.22. The fourth-order valence-corrected chi connectivity index (χ4v) is 2.05. The minimum absolute atomic E-state index is 0.0610. The number of halogens is 1. The van der Waals surface area contributed by atoms with Crippen LogP contribution >= 0.6 is 22.9 Å². The topological polar surface area (TPSA) is 82.0 Å². The normalized spacial score (nSPS) is 10.3. The molecule has 2 rings (SSSR count). The van der Waals surface area contributed by atoms with Gasteiger partial charge in [-0.05, 0) is 6.07 Å². The van der Waals surface area contributed by atoms with Gasteiger partial charge < -0.3 is 5.73 Å². The Morgan fingerprint density at radius 2 is 2.19 bits per heavy atom. The van der Waals surface area contributed by atoms with E-state index in [1.54, 1.807) is 11.4 Å². The Balaban J connectivity index is 2.53. The number of nitro groups is 1. The van der Waals surface area contributed by atoms with Gasteiger partial charge in [0.1, 0.15) is 0 Å². The van der Waals surface area contributed by atoms with Crippen LogP contribution in [-0.2, 0) is 0 Å². The van der Waals surface area contributed by atoms with Crippen molar-refractivity contribution in [2.45, 2.75) is 0 Å². The number of thiazole rings is 1. The molecular weight excluding hydrogens is 250 g/mol. The van der Waals surface area contributed by atoms with E-state index in [1.807, 2.05) is 0 Å². The van der Waals surface area contributed by atoms with E-state index in [4.69, 9.17) is 17.3 Å². The molecule has 82 valence electrons. The number of non-ortho nitro benzene ring substituents is 1. The van der Waals surface area contributed by atoms with Crippen LogP contribution in [0.5, 0.6) is 0 Å². The first-order valence-corrected chi connectivity index (χ1v) is 5.48. The zero-order chi connectivity index (χ0) is 11.7. The van der Waals surface area contributed by atoms with Gasteiger partial charge in [0.2, 0.25) is 0 Å². The van der Waals surface area contributed by atoms with Crippen molar-refractivity contribution in [2.24, 2.45) is 0 Å². The molecule has 0 bridgehead atoms. The second kappa shape index (κ2) is 4.07. The summed E-state index contributed by atoms with van der Waals surface area (Å²) >= 11 is 7.06. The minimum atomic E-state index is -0.495. The maximum Gasteiger partial charge on any atom is 0.271 e. The molecule has 2 N–H and O–H groups in total. The maximum atomic E-state index is 10.6. The average Bonchev–Trinajstić information content (AvgIpc) is 2.64. The van der Waals surface area contributed by atoms with Crippen molar-refractivity contribution in [3.8, 4) is 11.3 Å². The average molecular weight is 256 g/mol. The molecule has 5 nitrogen and oxygen atoms in total. The van der Waals surface area contributed by atoms with Crippen molar-refractivity contribution in [1.82, 2.24) is 4.98 Å². The summed E-state index contributed by atoms with van der Waals surface area (Å²) in [6.45, 7) is 0. The van der Waals surface area contributed by atoms with Crippen molar-refractivity contribution in [1.29, 1.82) is 0 Å². The lowest BCUT2D eigenvalue weighted by Gasteiger charge is -1.98. The third-order valence-corrected chi connectivity index (χ3v) is 2.80.